The van der Waals surface area contributed by atoms with Crippen LogP contribution in [-0.2, 0) is 13.0 Å². The molecule has 3 N–H and O–H groups in total. The average molecular weight is 335 g/mol. The first kappa shape index (κ1) is 16.7. The molecule has 0 unspecified atom stereocenters. The number of amides is 1. The molecule has 1 aromatic carbocycles. The molecule has 0 spiro atoms. The summed E-state index contributed by atoms with van der Waals surface area (Å²) in [6.07, 6.45) is 0.860. The molecule has 0 aliphatic rings. The highest BCUT2D eigenvalue weighted by Gasteiger charge is 2.13. The molecule has 0 radical (unpaired) electrons. The molecule has 6 heteroatoms. The summed E-state index contributed by atoms with van der Waals surface area (Å²) in [4.78, 5) is 16.5. The van der Waals surface area contributed by atoms with Gasteiger partial charge in [0.2, 0.25) is 0 Å². The lowest BCUT2D eigenvalue weighted by atomic mass is 10.1. The maximum Gasteiger partial charge on any atom is 0.256 e. The first-order chi connectivity index (χ1) is 12.1. The standard InChI is InChI=1S/C19H21N5O/c1-3-14-12-16(24(4-2)23-14)15-10-11-17(21-18(15)20)22-19(25)13-8-6-5-7-9-13/h5-12H,3-4H2,1-2H3,(H3,20,21,22,25). The lowest BCUT2D eigenvalue weighted by Crippen LogP contribution is -2.13. The van der Waals surface area contributed by atoms with Gasteiger partial charge in [0, 0.05) is 17.7 Å². The molecule has 0 fully saturated rings. The largest absolute Gasteiger partial charge is 0.383 e. The van der Waals surface area contributed by atoms with Gasteiger partial charge < -0.3 is 11.1 Å². The van der Waals surface area contributed by atoms with Gasteiger partial charge in [-0.15, -0.1) is 0 Å². The average Bonchev–Trinajstić information content (AvgIpc) is 3.06. The molecular formula is C19H21N5O. The predicted molar refractivity (Wildman–Crippen MR) is 99.3 cm³/mol. The number of pyridine rings is 1. The summed E-state index contributed by atoms with van der Waals surface area (Å²) in [6.45, 7) is 4.85. The number of aromatic nitrogens is 3. The van der Waals surface area contributed by atoms with Gasteiger partial charge in [0.25, 0.3) is 5.91 Å². The summed E-state index contributed by atoms with van der Waals surface area (Å²) >= 11 is 0. The molecule has 0 saturated heterocycles. The van der Waals surface area contributed by atoms with E-state index in [4.69, 9.17) is 5.73 Å². The van der Waals surface area contributed by atoms with E-state index in [9.17, 15) is 4.79 Å². The maximum absolute atomic E-state index is 12.2. The molecule has 128 valence electrons. The fraction of sp³-hybridized carbons (Fsp3) is 0.211. The van der Waals surface area contributed by atoms with Gasteiger partial charge in [-0.25, -0.2) is 4.98 Å². The van der Waals surface area contributed by atoms with E-state index in [1.165, 1.54) is 0 Å². The third-order valence-corrected chi connectivity index (χ3v) is 3.97. The van der Waals surface area contributed by atoms with Crippen LogP contribution in [-0.4, -0.2) is 20.7 Å². The Kier molecular flexibility index (Phi) is 4.79. The number of anilines is 2. The van der Waals surface area contributed by atoms with Crippen molar-refractivity contribution in [2.75, 3.05) is 11.1 Å². The lowest BCUT2D eigenvalue weighted by molar-refractivity contribution is 0.102. The number of nitrogens with zero attached hydrogens (tertiary/aromatic N) is 3. The molecule has 3 rings (SSSR count). The summed E-state index contributed by atoms with van der Waals surface area (Å²) < 4.78 is 1.91. The Morgan fingerprint density at radius 1 is 1.16 bits per heavy atom. The second-order valence-corrected chi connectivity index (χ2v) is 5.64. The van der Waals surface area contributed by atoms with E-state index in [1.807, 2.05) is 41.9 Å². The molecule has 3 aromatic rings. The van der Waals surface area contributed by atoms with E-state index in [-0.39, 0.29) is 5.91 Å². The van der Waals surface area contributed by atoms with E-state index >= 15 is 0 Å². The Balaban J connectivity index is 1.86. The summed E-state index contributed by atoms with van der Waals surface area (Å²) in [6, 6.07) is 14.6. The highest BCUT2D eigenvalue weighted by Crippen LogP contribution is 2.27. The number of hydrogen-bond donors (Lipinski definition) is 2. The fourth-order valence-electron chi connectivity index (χ4n) is 2.64. The predicted octanol–water partition coefficient (Wildman–Crippen LogP) is 3.36. The van der Waals surface area contributed by atoms with Crippen LogP contribution in [0.15, 0.2) is 48.5 Å². The third-order valence-electron chi connectivity index (χ3n) is 3.97. The number of carbonyl (C=O) groups is 1. The zero-order valence-corrected chi connectivity index (χ0v) is 14.4. The van der Waals surface area contributed by atoms with E-state index in [1.54, 1.807) is 18.2 Å². The summed E-state index contributed by atoms with van der Waals surface area (Å²) in [5.74, 6) is 0.573. The van der Waals surface area contributed by atoms with Crippen molar-refractivity contribution in [3.8, 4) is 11.3 Å². The molecule has 25 heavy (non-hydrogen) atoms. The SMILES string of the molecule is CCc1cc(-c2ccc(NC(=O)c3ccccc3)nc2N)n(CC)n1. The first-order valence-electron chi connectivity index (χ1n) is 8.32. The Hall–Kier alpha value is -3.15. The molecule has 6 nitrogen and oxygen atoms in total. The molecule has 2 heterocycles. The molecule has 0 bridgehead atoms. The fourth-order valence-corrected chi connectivity index (χ4v) is 2.64. The second-order valence-electron chi connectivity index (χ2n) is 5.64. The number of carbonyl (C=O) groups excluding carboxylic acids is 1. The van der Waals surface area contributed by atoms with Gasteiger partial charge in [-0.1, -0.05) is 25.1 Å². The van der Waals surface area contributed by atoms with E-state index in [2.05, 4.69) is 22.3 Å². The summed E-state index contributed by atoms with van der Waals surface area (Å²) in [5, 5.41) is 7.31. The van der Waals surface area contributed by atoms with Gasteiger partial charge in [0.15, 0.2) is 0 Å². The molecule has 0 saturated carbocycles. The van der Waals surface area contributed by atoms with E-state index in [0.717, 1.165) is 29.9 Å². The van der Waals surface area contributed by atoms with Gasteiger partial charge in [-0.05, 0) is 43.7 Å². The third kappa shape index (κ3) is 3.52. The number of benzene rings is 1. The number of nitrogens with one attached hydrogen (secondary N) is 1. The highest BCUT2D eigenvalue weighted by atomic mass is 16.1. The van der Waals surface area contributed by atoms with Crippen LogP contribution in [0.5, 0.6) is 0 Å². The van der Waals surface area contributed by atoms with Crippen molar-refractivity contribution in [2.45, 2.75) is 26.8 Å². The number of nitrogen functional groups attached to an aromatic ring is 1. The van der Waals surface area contributed by atoms with Crippen molar-refractivity contribution >= 4 is 17.5 Å². The Bertz CT molecular complexity index is 886. The minimum Gasteiger partial charge on any atom is -0.383 e. The van der Waals surface area contributed by atoms with Gasteiger partial charge in [0.05, 0.1) is 11.4 Å². The van der Waals surface area contributed by atoms with Crippen LogP contribution in [0.4, 0.5) is 11.6 Å². The van der Waals surface area contributed by atoms with Crippen LogP contribution in [0.3, 0.4) is 0 Å². The number of aryl methyl sites for hydroxylation is 2. The van der Waals surface area contributed by atoms with Crippen LogP contribution in [0.1, 0.15) is 29.9 Å². The van der Waals surface area contributed by atoms with Gasteiger partial charge >= 0.3 is 0 Å². The monoisotopic (exact) mass is 335 g/mol. The molecule has 0 aliphatic heterocycles. The number of rotatable bonds is 5. The summed E-state index contributed by atoms with van der Waals surface area (Å²) in [5.41, 5.74) is 9.47. The maximum atomic E-state index is 12.2. The molecule has 1 amide bonds. The van der Waals surface area contributed by atoms with E-state index < -0.39 is 0 Å². The van der Waals surface area contributed by atoms with Crippen molar-refractivity contribution in [1.82, 2.24) is 14.8 Å². The van der Waals surface area contributed by atoms with Crippen LogP contribution >= 0.6 is 0 Å². The quantitative estimate of drug-likeness (QED) is 0.748. The van der Waals surface area contributed by atoms with Crippen molar-refractivity contribution in [1.29, 1.82) is 0 Å². The van der Waals surface area contributed by atoms with Crippen LogP contribution in [0, 0.1) is 0 Å². The smallest absolute Gasteiger partial charge is 0.256 e. The minimum absolute atomic E-state index is 0.216. The Labute approximate surface area is 146 Å². The van der Waals surface area contributed by atoms with Crippen molar-refractivity contribution in [3.63, 3.8) is 0 Å². The van der Waals surface area contributed by atoms with E-state index in [0.29, 0.717) is 17.2 Å². The number of hydrogen-bond acceptors (Lipinski definition) is 4. The van der Waals surface area contributed by atoms with Crippen LogP contribution in [0.2, 0.25) is 0 Å². The second kappa shape index (κ2) is 7.17. The Morgan fingerprint density at radius 2 is 1.92 bits per heavy atom. The van der Waals surface area contributed by atoms with Gasteiger partial charge in [0.1, 0.15) is 11.6 Å². The molecule has 0 aliphatic carbocycles. The van der Waals surface area contributed by atoms with Crippen molar-refractivity contribution in [2.24, 2.45) is 0 Å². The molecule has 0 atom stereocenters. The van der Waals surface area contributed by atoms with Crippen LogP contribution in [0.25, 0.3) is 11.3 Å². The van der Waals surface area contributed by atoms with Gasteiger partial charge in [-0.3, -0.25) is 9.48 Å². The lowest BCUT2D eigenvalue weighted by Gasteiger charge is -2.10. The van der Waals surface area contributed by atoms with Gasteiger partial charge in [-0.2, -0.15) is 5.10 Å². The summed E-state index contributed by atoms with van der Waals surface area (Å²) in [7, 11) is 0. The molecule has 2 aromatic heterocycles. The normalized spacial score (nSPS) is 10.6. The number of nitrogens with two attached hydrogens (primary N) is 1. The Morgan fingerprint density at radius 3 is 2.56 bits per heavy atom. The topological polar surface area (TPSA) is 85.8 Å². The zero-order valence-electron chi connectivity index (χ0n) is 14.4. The highest BCUT2D eigenvalue weighted by molar-refractivity contribution is 6.03. The molecular weight excluding hydrogens is 314 g/mol. The van der Waals surface area contributed by atoms with Crippen molar-refractivity contribution < 1.29 is 4.79 Å². The van der Waals surface area contributed by atoms with Crippen LogP contribution < -0.4 is 11.1 Å². The zero-order chi connectivity index (χ0) is 17.8. The first-order valence-corrected chi connectivity index (χ1v) is 8.32. The van der Waals surface area contributed by atoms with Crippen molar-refractivity contribution in [3.05, 3.63) is 59.8 Å². The minimum atomic E-state index is -0.216.